The van der Waals surface area contributed by atoms with Crippen molar-refractivity contribution in [2.75, 3.05) is 20.1 Å². The van der Waals surface area contributed by atoms with E-state index in [2.05, 4.69) is 11.9 Å². The average molecular weight is 113 g/mol. The molecule has 2 fully saturated rings. The van der Waals surface area contributed by atoms with Gasteiger partial charge in [-0.1, -0.05) is 0 Å². The summed E-state index contributed by atoms with van der Waals surface area (Å²) in [5.74, 6) is 0. The third-order valence-electron chi connectivity index (χ3n) is 1.97. The SMILES string of the molecule is CN1CC[C@@H]2O[C@@H]2C1. The van der Waals surface area contributed by atoms with Crippen molar-refractivity contribution in [1.82, 2.24) is 4.90 Å². The van der Waals surface area contributed by atoms with E-state index in [9.17, 15) is 0 Å². The molecule has 0 N–H and O–H groups in total. The van der Waals surface area contributed by atoms with Crippen LogP contribution >= 0.6 is 0 Å². The van der Waals surface area contributed by atoms with Crippen LogP contribution in [-0.4, -0.2) is 37.2 Å². The average Bonchev–Trinajstić information content (AvgIpc) is 2.43. The fourth-order valence-corrected chi connectivity index (χ4v) is 1.34. The third kappa shape index (κ3) is 0.644. The van der Waals surface area contributed by atoms with Crippen molar-refractivity contribution in [3.63, 3.8) is 0 Å². The molecule has 2 nitrogen and oxygen atoms in total. The summed E-state index contributed by atoms with van der Waals surface area (Å²) in [7, 11) is 2.15. The van der Waals surface area contributed by atoms with E-state index in [0.29, 0.717) is 12.2 Å². The summed E-state index contributed by atoms with van der Waals surface area (Å²) >= 11 is 0. The van der Waals surface area contributed by atoms with Gasteiger partial charge in [0.25, 0.3) is 0 Å². The van der Waals surface area contributed by atoms with Gasteiger partial charge in [0, 0.05) is 13.1 Å². The van der Waals surface area contributed by atoms with E-state index in [1.165, 1.54) is 13.0 Å². The molecule has 8 heavy (non-hydrogen) atoms. The van der Waals surface area contributed by atoms with Crippen LogP contribution in [0.3, 0.4) is 0 Å². The van der Waals surface area contributed by atoms with E-state index in [1.54, 1.807) is 0 Å². The van der Waals surface area contributed by atoms with Crippen molar-refractivity contribution in [1.29, 1.82) is 0 Å². The zero-order chi connectivity index (χ0) is 5.56. The van der Waals surface area contributed by atoms with Gasteiger partial charge in [-0.25, -0.2) is 0 Å². The molecule has 0 amide bonds. The smallest absolute Gasteiger partial charge is 0.0968 e. The monoisotopic (exact) mass is 113 g/mol. The topological polar surface area (TPSA) is 15.8 Å². The number of nitrogens with zero attached hydrogens (tertiary/aromatic N) is 1. The van der Waals surface area contributed by atoms with Crippen LogP contribution < -0.4 is 0 Å². The predicted molar refractivity (Wildman–Crippen MR) is 30.8 cm³/mol. The van der Waals surface area contributed by atoms with Gasteiger partial charge in [0.1, 0.15) is 0 Å². The van der Waals surface area contributed by atoms with Crippen molar-refractivity contribution in [2.24, 2.45) is 0 Å². The summed E-state index contributed by atoms with van der Waals surface area (Å²) in [4.78, 5) is 2.33. The Morgan fingerprint density at radius 3 is 3.00 bits per heavy atom. The van der Waals surface area contributed by atoms with Crippen molar-refractivity contribution in [3.8, 4) is 0 Å². The minimum Gasteiger partial charge on any atom is -0.368 e. The molecule has 2 heterocycles. The molecule has 2 heteroatoms. The fraction of sp³-hybridized carbons (Fsp3) is 1.00. The highest BCUT2D eigenvalue weighted by atomic mass is 16.6. The van der Waals surface area contributed by atoms with Crippen LogP contribution in [0.5, 0.6) is 0 Å². The van der Waals surface area contributed by atoms with Crippen molar-refractivity contribution in [2.45, 2.75) is 18.6 Å². The number of hydrogen-bond acceptors (Lipinski definition) is 2. The highest BCUT2D eigenvalue weighted by molar-refractivity contribution is 4.91. The zero-order valence-electron chi connectivity index (χ0n) is 5.13. The van der Waals surface area contributed by atoms with Gasteiger partial charge in [-0.2, -0.15) is 0 Å². The summed E-state index contributed by atoms with van der Waals surface area (Å²) in [5, 5.41) is 0. The first kappa shape index (κ1) is 4.77. The molecule has 2 aliphatic heterocycles. The maximum atomic E-state index is 5.31. The second-order valence-electron chi connectivity index (χ2n) is 2.76. The summed E-state index contributed by atoms with van der Waals surface area (Å²) in [6.45, 7) is 2.38. The molecule has 2 aliphatic rings. The van der Waals surface area contributed by atoms with Gasteiger partial charge in [-0.05, 0) is 13.5 Å². The van der Waals surface area contributed by atoms with Crippen LogP contribution in [0.4, 0.5) is 0 Å². The Labute approximate surface area is 49.4 Å². The number of epoxide rings is 1. The molecule has 2 saturated heterocycles. The predicted octanol–water partition coefficient (Wildman–Crippen LogP) is 0.0893. The van der Waals surface area contributed by atoms with Crippen LogP contribution in [0.2, 0.25) is 0 Å². The number of likely N-dealkylation sites (N-methyl/N-ethyl adjacent to an activating group) is 1. The zero-order valence-corrected chi connectivity index (χ0v) is 5.13. The standard InChI is InChI=1S/C6H11NO/c1-7-3-2-5-6(4-7)8-5/h5-6H,2-4H2,1H3/t5-,6+/m0/s1. The first-order valence-electron chi connectivity index (χ1n) is 3.20. The van der Waals surface area contributed by atoms with Crippen LogP contribution in [0.15, 0.2) is 0 Å². The molecule has 46 valence electrons. The van der Waals surface area contributed by atoms with E-state index in [-0.39, 0.29) is 0 Å². The maximum absolute atomic E-state index is 5.31. The molecule has 0 saturated carbocycles. The number of rotatable bonds is 0. The van der Waals surface area contributed by atoms with Crippen LogP contribution in [-0.2, 0) is 4.74 Å². The van der Waals surface area contributed by atoms with E-state index >= 15 is 0 Å². The number of hydrogen-bond donors (Lipinski definition) is 0. The molecule has 0 aliphatic carbocycles. The third-order valence-corrected chi connectivity index (χ3v) is 1.97. The summed E-state index contributed by atoms with van der Waals surface area (Å²) < 4.78 is 5.31. The Bertz CT molecular complexity index is 105. The highest BCUT2D eigenvalue weighted by Gasteiger charge is 2.41. The van der Waals surface area contributed by atoms with Crippen molar-refractivity contribution in [3.05, 3.63) is 0 Å². The first-order valence-corrected chi connectivity index (χ1v) is 3.20. The Morgan fingerprint density at radius 1 is 1.50 bits per heavy atom. The first-order chi connectivity index (χ1) is 3.86. The lowest BCUT2D eigenvalue weighted by Crippen LogP contribution is -2.30. The van der Waals surface area contributed by atoms with E-state index in [4.69, 9.17) is 4.74 Å². The van der Waals surface area contributed by atoms with Crippen LogP contribution in [0, 0.1) is 0 Å². The molecule has 2 atom stereocenters. The van der Waals surface area contributed by atoms with Crippen molar-refractivity contribution >= 4 is 0 Å². The Balaban J connectivity index is 1.93. The number of likely N-dealkylation sites (tertiary alicyclic amines) is 1. The fourth-order valence-electron chi connectivity index (χ4n) is 1.34. The lowest BCUT2D eigenvalue weighted by Gasteiger charge is -2.17. The van der Waals surface area contributed by atoms with Gasteiger partial charge in [0.15, 0.2) is 0 Å². The van der Waals surface area contributed by atoms with Gasteiger partial charge in [0.05, 0.1) is 12.2 Å². The summed E-state index contributed by atoms with van der Waals surface area (Å²) in [5.41, 5.74) is 0. The quantitative estimate of drug-likeness (QED) is 0.414. The van der Waals surface area contributed by atoms with Gasteiger partial charge in [-0.3, -0.25) is 0 Å². The highest BCUT2D eigenvalue weighted by Crippen LogP contribution is 2.29. The number of fused-ring (bicyclic) bond motifs is 1. The van der Waals surface area contributed by atoms with Gasteiger partial charge in [-0.15, -0.1) is 0 Å². The summed E-state index contributed by atoms with van der Waals surface area (Å²) in [6.07, 6.45) is 2.50. The molecular formula is C6H11NO. The molecular weight excluding hydrogens is 102 g/mol. The van der Waals surface area contributed by atoms with Gasteiger partial charge >= 0.3 is 0 Å². The minimum atomic E-state index is 0.605. The lowest BCUT2D eigenvalue weighted by molar-refractivity contribution is 0.296. The molecule has 0 spiro atoms. The minimum absolute atomic E-state index is 0.605. The van der Waals surface area contributed by atoms with Crippen LogP contribution in [0.25, 0.3) is 0 Å². The molecule has 0 bridgehead atoms. The molecule has 0 radical (unpaired) electrons. The van der Waals surface area contributed by atoms with Crippen molar-refractivity contribution < 1.29 is 4.74 Å². The number of ether oxygens (including phenoxy) is 1. The van der Waals surface area contributed by atoms with Gasteiger partial charge < -0.3 is 9.64 Å². The van der Waals surface area contributed by atoms with Gasteiger partial charge in [0.2, 0.25) is 0 Å². The number of piperidine rings is 1. The summed E-state index contributed by atoms with van der Waals surface area (Å²) in [6, 6.07) is 0. The van der Waals surface area contributed by atoms with E-state index < -0.39 is 0 Å². The second kappa shape index (κ2) is 1.45. The van der Waals surface area contributed by atoms with E-state index in [1.807, 2.05) is 0 Å². The van der Waals surface area contributed by atoms with Crippen LogP contribution in [0.1, 0.15) is 6.42 Å². The Kier molecular flexibility index (Phi) is 0.866. The molecule has 0 aromatic rings. The molecule has 0 aromatic carbocycles. The molecule has 2 rings (SSSR count). The molecule has 0 unspecified atom stereocenters. The van der Waals surface area contributed by atoms with E-state index in [0.717, 1.165) is 6.54 Å². The largest absolute Gasteiger partial charge is 0.368 e. The Hall–Kier alpha value is -0.0800. The normalized spacial score (nSPS) is 46.1. The molecule has 0 aromatic heterocycles. The lowest BCUT2D eigenvalue weighted by atomic mass is 10.1. The Morgan fingerprint density at radius 2 is 2.38 bits per heavy atom. The second-order valence-corrected chi connectivity index (χ2v) is 2.76. The maximum Gasteiger partial charge on any atom is 0.0968 e.